The zero-order valence-corrected chi connectivity index (χ0v) is 14.4. The summed E-state index contributed by atoms with van der Waals surface area (Å²) < 4.78 is 67.5. The maximum Gasteiger partial charge on any atom is 0.417 e. The van der Waals surface area contributed by atoms with Gasteiger partial charge in [0.15, 0.2) is 0 Å². The molecule has 2 rings (SSSR count). The van der Waals surface area contributed by atoms with Crippen molar-refractivity contribution in [3.05, 3.63) is 41.6 Å². The smallest absolute Gasteiger partial charge is 0.335 e. The molecule has 0 saturated carbocycles. The van der Waals surface area contributed by atoms with Crippen LogP contribution in [0.5, 0.6) is 0 Å². The maximum absolute atomic E-state index is 13.5. The van der Waals surface area contributed by atoms with Crippen molar-refractivity contribution in [3.8, 4) is 17.3 Å². The van der Waals surface area contributed by atoms with Crippen LogP contribution in [0, 0.1) is 11.3 Å². The van der Waals surface area contributed by atoms with Crippen LogP contribution in [0.4, 0.5) is 18.9 Å². The standard InChI is InChI=1S/C16H16F3N3O2S/c1-3-8-25(23,24)21-11-4-6-13(14(9-11)16(17,18)19)15-7-5-12(10-20)22(15)2/h4-7,9,21H,3,8H2,1-2H3. The Morgan fingerprint density at radius 2 is 1.92 bits per heavy atom. The van der Waals surface area contributed by atoms with E-state index in [9.17, 15) is 21.6 Å². The lowest BCUT2D eigenvalue weighted by Crippen LogP contribution is -2.17. The van der Waals surface area contributed by atoms with Gasteiger partial charge < -0.3 is 4.57 Å². The Bertz CT molecular complexity index is 925. The monoisotopic (exact) mass is 371 g/mol. The molecule has 0 amide bonds. The second kappa shape index (κ2) is 6.80. The molecule has 1 heterocycles. The Balaban J connectivity index is 2.56. The Labute approximate surface area is 143 Å². The highest BCUT2D eigenvalue weighted by atomic mass is 32.2. The first-order valence-electron chi connectivity index (χ1n) is 7.37. The van der Waals surface area contributed by atoms with Gasteiger partial charge in [-0.2, -0.15) is 18.4 Å². The molecule has 0 saturated heterocycles. The summed E-state index contributed by atoms with van der Waals surface area (Å²) >= 11 is 0. The molecule has 0 aliphatic rings. The first-order chi connectivity index (χ1) is 11.6. The molecule has 2 aromatic rings. The number of hydrogen-bond acceptors (Lipinski definition) is 3. The van der Waals surface area contributed by atoms with Gasteiger partial charge in [0.25, 0.3) is 0 Å². The van der Waals surface area contributed by atoms with E-state index >= 15 is 0 Å². The van der Waals surface area contributed by atoms with Crippen LogP contribution in [0.1, 0.15) is 24.6 Å². The zero-order valence-electron chi connectivity index (χ0n) is 13.6. The van der Waals surface area contributed by atoms with Gasteiger partial charge in [0.05, 0.1) is 11.3 Å². The molecule has 0 spiro atoms. The average molecular weight is 371 g/mol. The first kappa shape index (κ1) is 18.9. The number of aromatic nitrogens is 1. The highest BCUT2D eigenvalue weighted by molar-refractivity contribution is 7.92. The molecule has 9 heteroatoms. The minimum Gasteiger partial charge on any atom is -0.335 e. The number of alkyl halides is 3. The third-order valence-electron chi connectivity index (χ3n) is 3.58. The van der Waals surface area contributed by atoms with Crippen molar-refractivity contribution in [1.82, 2.24) is 4.57 Å². The summed E-state index contributed by atoms with van der Waals surface area (Å²) in [5.74, 6) is -0.181. The topological polar surface area (TPSA) is 74.9 Å². The van der Waals surface area contributed by atoms with E-state index in [0.717, 1.165) is 6.07 Å². The van der Waals surface area contributed by atoms with Gasteiger partial charge in [-0.15, -0.1) is 0 Å². The van der Waals surface area contributed by atoms with E-state index in [0.29, 0.717) is 6.42 Å². The molecule has 0 aliphatic heterocycles. The van der Waals surface area contributed by atoms with Crippen LogP contribution in [0.2, 0.25) is 0 Å². The van der Waals surface area contributed by atoms with E-state index in [2.05, 4.69) is 4.72 Å². The average Bonchev–Trinajstić information content (AvgIpc) is 2.86. The largest absolute Gasteiger partial charge is 0.417 e. The van der Waals surface area contributed by atoms with Crippen molar-refractivity contribution in [1.29, 1.82) is 5.26 Å². The molecule has 0 atom stereocenters. The Morgan fingerprint density at radius 3 is 2.44 bits per heavy atom. The number of nitriles is 1. The number of halogens is 3. The van der Waals surface area contributed by atoms with Crippen LogP contribution in [0.25, 0.3) is 11.3 Å². The predicted molar refractivity (Wildman–Crippen MR) is 88.3 cm³/mol. The quantitative estimate of drug-likeness (QED) is 0.870. The third kappa shape index (κ3) is 4.14. The van der Waals surface area contributed by atoms with E-state index in [4.69, 9.17) is 5.26 Å². The third-order valence-corrected chi connectivity index (χ3v) is 5.08. The van der Waals surface area contributed by atoms with Crippen molar-refractivity contribution >= 4 is 15.7 Å². The molecule has 0 bridgehead atoms. The molecular formula is C16H16F3N3O2S. The Morgan fingerprint density at radius 1 is 1.24 bits per heavy atom. The molecule has 5 nitrogen and oxygen atoms in total. The summed E-state index contributed by atoms with van der Waals surface area (Å²) in [4.78, 5) is 0. The molecular weight excluding hydrogens is 355 g/mol. The van der Waals surface area contributed by atoms with E-state index in [-0.39, 0.29) is 28.4 Å². The van der Waals surface area contributed by atoms with Crippen molar-refractivity contribution in [2.24, 2.45) is 7.05 Å². The Kier molecular flexibility index (Phi) is 5.13. The van der Waals surface area contributed by atoms with E-state index < -0.39 is 21.8 Å². The van der Waals surface area contributed by atoms with Crippen LogP contribution >= 0.6 is 0 Å². The van der Waals surface area contributed by atoms with Crippen molar-refractivity contribution in [3.63, 3.8) is 0 Å². The minimum absolute atomic E-state index is 0.130. The van der Waals surface area contributed by atoms with Gasteiger partial charge in [0.1, 0.15) is 11.8 Å². The lowest BCUT2D eigenvalue weighted by Gasteiger charge is -2.16. The van der Waals surface area contributed by atoms with Crippen LogP contribution < -0.4 is 4.72 Å². The summed E-state index contributed by atoms with van der Waals surface area (Å²) in [6.45, 7) is 1.66. The fourth-order valence-corrected chi connectivity index (χ4v) is 3.58. The summed E-state index contributed by atoms with van der Waals surface area (Å²) in [6.07, 6.45) is -4.33. The van der Waals surface area contributed by atoms with Gasteiger partial charge in [0, 0.05) is 24.0 Å². The fraction of sp³-hybridized carbons (Fsp3) is 0.312. The lowest BCUT2D eigenvalue weighted by atomic mass is 10.0. The normalized spacial score (nSPS) is 12.0. The van der Waals surface area contributed by atoms with E-state index in [1.165, 1.54) is 35.9 Å². The maximum atomic E-state index is 13.5. The molecule has 25 heavy (non-hydrogen) atoms. The van der Waals surface area contributed by atoms with Crippen molar-refractivity contribution in [2.75, 3.05) is 10.5 Å². The molecule has 0 fully saturated rings. The number of nitrogens with one attached hydrogen (secondary N) is 1. The van der Waals surface area contributed by atoms with Gasteiger partial charge in [-0.05, 0) is 30.7 Å². The number of nitrogens with zero attached hydrogens (tertiary/aromatic N) is 2. The van der Waals surface area contributed by atoms with Crippen LogP contribution in [0.3, 0.4) is 0 Å². The van der Waals surface area contributed by atoms with Gasteiger partial charge >= 0.3 is 6.18 Å². The number of benzene rings is 1. The zero-order chi connectivity index (χ0) is 18.8. The number of anilines is 1. The summed E-state index contributed by atoms with van der Waals surface area (Å²) in [5.41, 5.74) is -0.827. The van der Waals surface area contributed by atoms with Crippen molar-refractivity contribution in [2.45, 2.75) is 19.5 Å². The molecule has 134 valence electrons. The second-order valence-corrected chi connectivity index (χ2v) is 7.30. The molecule has 0 aliphatic carbocycles. The van der Waals surface area contributed by atoms with Crippen LogP contribution in [-0.4, -0.2) is 18.7 Å². The second-order valence-electron chi connectivity index (χ2n) is 5.45. The molecule has 1 aromatic heterocycles. The molecule has 1 aromatic carbocycles. The lowest BCUT2D eigenvalue weighted by molar-refractivity contribution is -0.137. The highest BCUT2D eigenvalue weighted by Gasteiger charge is 2.35. The van der Waals surface area contributed by atoms with Crippen LogP contribution in [0.15, 0.2) is 30.3 Å². The highest BCUT2D eigenvalue weighted by Crippen LogP contribution is 2.39. The molecule has 0 unspecified atom stereocenters. The van der Waals surface area contributed by atoms with Gasteiger partial charge in [0.2, 0.25) is 10.0 Å². The first-order valence-corrected chi connectivity index (χ1v) is 9.02. The van der Waals surface area contributed by atoms with Gasteiger partial charge in [-0.3, -0.25) is 4.72 Å². The number of sulfonamides is 1. The van der Waals surface area contributed by atoms with Gasteiger partial charge in [-0.1, -0.05) is 13.0 Å². The summed E-state index contributed by atoms with van der Waals surface area (Å²) in [5, 5.41) is 8.96. The minimum atomic E-state index is -4.68. The predicted octanol–water partition coefficient (Wildman–Crippen LogP) is 3.73. The van der Waals surface area contributed by atoms with E-state index in [1.807, 2.05) is 6.07 Å². The number of hydrogen-bond donors (Lipinski definition) is 1. The summed E-state index contributed by atoms with van der Waals surface area (Å²) in [6, 6.07) is 7.97. The summed E-state index contributed by atoms with van der Waals surface area (Å²) in [7, 11) is -2.21. The van der Waals surface area contributed by atoms with Gasteiger partial charge in [-0.25, -0.2) is 8.42 Å². The fourth-order valence-electron chi connectivity index (χ4n) is 2.46. The van der Waals surface area contributed by atoms with E-state index in [1.54, 1.807) is 6.92 Å². The van der Waals surface area contributed by atoms with Crippen LogP contribution in [-0.2, 0) is 23.2 Å². The number of rotatable bonds is 5. The molecule has 0 radical (unpaired) electrons. The SMILES string of the molecule is CCCS(=O)(=O)Nc1ccc(-c2ccc(C#N)n2C)c(C(F)(F)F)c1. The Hall–Kier alpha value is -2.47. The van der Waals surface area contributed by atoms with Crippen molar-refractivity contribution < 1.29 is 21.6 Å². The molecule has 1 N–H and O–H groups in total.